The van der Waals surface area contributed by atoms with E-state index in [0.717, 1.165) is 28.8 Å². The summed E-state index contributed by atoms with van der Waals surface area (Å²) in [4.78, 5) is 3.93. The molecule has 128 valence electrons. The van der Waals surface area contributed by atoms with Crippen LogP contribution in [-0.2, 0) is 10.0 Å². The van der Waals surface area contributed by atoms with Crippen LogP contribution in [0.1, 0.15) is 18.4 Å². The van der Waals surface area contributed by atoms with Gasteiger partial charge in [-0.2, -0.15) is 0 Å². The number of halogens is 1. The molecule has 1 aliphatic carbocycles. The number of rotatable bonds is 6. The number of hydrogen-bond donors (Lipinski definition) is 0. The lowest BCUT2D eigenvalue weighted by molar-refractivity contribution is 0.291. The van der Waals surface area contributed by atoms with Gasteiger partial charge in [0.05, 0.1) is 6.61 Å². The molecule has 1 heterocycles. The smallest absolute Gasteiger partial charge is 0.269 e. The van der Waals surface area contributed by atoms with E-state index in [-0.39, 0.29) is 16.5 Å². The predicted octanol–water partition coefficient (Wildman–Crippen LogP) is 3.14. The third kappa shape index (κ3) is 3.51. The fourth-order valence-electron chi connectivity index (χ4n) is 2.21. The molecule has 5 nitrogen and oxygen atoms in total. The maximum absolute atomic E-state index is 13.7. The Labute approximate surface area is 141 Å². The lowest BCUT2D eigenvalue weighted by atomic mass is 10.3. The predicted molar refractivity (Wildman–Crippen MR) is 89.2 cm³/mol. The molecule has 0 N–H and O–H groups in total. The number of pyridine rings is 1. The van der Waals surface area contributed by atoms with Gasteiger partial charge in [0.15, 0.2) is 0 Å². The average Bonchev–Trinajstić information content (AvgIpc) is 3.38. The fraction of sp³-hybridized carbons (Fsp3) is 0.353. The van der Waals surface area contributed by atoms with Crippen molar-refractivity contribution in [2.24, 2.45) is 5.92 Å². The standard InChI is InChI=1S/C17H19FN2O3S/c1-12-3-8-17(19-10-12)20(2)24(21,22)16-9-14(18)6-7-15(16)23-11-13-4-5-13/h3,6-10,13H,4-5,11H2,1-2H3. The van der Waals surface area contributed by atoms with E-state index in [9.17, 15) is 12.8 Å². The molecule has 2 aromatic rings. The van der Waals surface area contributed by atoms with Gasteiger partial charge in [0.2, 0.25) is 0 Å². The van der Waals surface area contributed by atoms with Gasteiger partial charge in [0.25, 0.3) is 10.0 Å². The number of aromatic nitrogens is 1. The van der Waals surface area contributed by atoms with Crippen molar-refractivity contribution in [2.75, 3.05) is 18.0 Å². The van der Waals surface area contributed by atoms with Crippen molar-refractivity contribution in [3.8, 4) is 5.75 Å². The maximum atomic E-state index is 13.7. The Morgan fingerprint density at radius 3 is 2.67 bits per heavy atom. The molecule has 1 saturated carbocycles. The monoisotopic (exact) mass is 350 g/mol. The van der Waals surface area contributed by atoms with Gasteiger partial charge >= 0.3 is 0 Å². The lowest BCUT2D eigenvalue weighted by Gasteiger charge is -2.20. The Morgan fingerprint density at radius 1 is 1.29 bits per heavy atom. The van der Waals surface area contributed by atoms with Crippen molar-refractivity contribution < 1.29 is 17.5 Å². The highest BCUT2D eigenvalue weighted by molar-refractivity contribution is 7.92. The zero-order chi connectivity index (χ0) is 17.3. The zero-order valence-corrected chi connectivity index (χ0v) is 14.4. The molecular weight excluding hydrogens is 331 g/mol. The van der Waals surface area contributed by atoms with Gasteiger partial charge in [-0.3, -0.25) is 4.31 Å². The number of anilines is 1. The second kappa shape index (κ2) is 6.39. The Hall–Kier alpha value is -2.15. The first-order valence-electron chi connectivity index (χ1n) is 7.72. The second-order valence-electron chi connectivity index (χ2n) is 6.01. The molecule has 0 bridgehead atoms. The molecule has 1 aromatic carbocycles. The first-order valence-corrected chi connectivity index (χ1v) is 9.16. The molecule has 0 amide bonds. The molecule has 0 unspecified atom stereocenters. The summed E-state index contributed by atoms with van der Waals surface area (Å²) in [6.45, 7) is 2.31. The minimum absolute atomic E-state index is 0.169. The van der Waals surface area contributed by atoms with Crippen molar-refractivity contribution in [1.29, 1.82) is 0 Å². The van der Waals surface area contributed by atoms with E-state index in [1.54, 1.807) is 18.3 Å². The van der Waals surface area contributed by atoms with Crippen LogP contribution in [0.2, 0.25) is 0 Å². The third-order valence-corrected chi connectivity index (χ3v) is 5.72. The Bertz CT molecular complexity index is 833. The Morgan fingerprint density at radius 2 is 2.04 bits per heavy atom. The quantitative estimate of drug-likeness (QED) is 0.803. The lowest BCUT2D eigenvalue weighted by Crippen LogP contribution is -2.28. The maximum Gasteiger partial charge on any atom is 0.269 e. The highest BCUT2D eigenvalue weighted by Crippen LogP contribution is 2.33. The molecule has 0 atom stereocenters. The summed E-state index contributed by atoms with van der Waals surface area (Å²) in [5.41, 5.74) is 0.920. The van der Waals surface area contributed by atoms with Crippen LogP contribution in [0, 0.1) is 18.7 Å². The molecule has 0 radical (unpaired) electrons. The SMILES string of the molecule is Cc1ccc(N(C)S(=O)(=O)c2cc(F)ccc2OCC2CC2)nc1. The number of sulfonamides is 1. The summed E-state index contributed by atoms with van der Waals surface area (Å²) < 4.78 is 46.1. The molecular formula is C17H19FN2O3S. The third-order valence-electron chi connectivity index (χ3n) is 3.93. The number of ether oxygens (including phenoxy) is 1. The van der Waals surface area contributed by atoms with Crippen LogP contribution in [0.5, 0.6) is 5.75 Å². The summed E-state index contributed by atoms with van der Waals surface area (Å²) in [7, 11) is -2.59. The van der Waals surface area contributed by atoms with Crippen molar-refractivity contribution in [2.45, 2.75) is 24.7 Å². The van der Waals surface area contributed by atoms with Gasteiger partial charge in [-0.25, -0.2) is 17.8 Å². The first kappa shape index (κ1) is 16.7. The van der Waals surface area contributed by atoms with E-state index in [2.05, 4.69) is 4.98 Å². The second-order valence-corrected chi connectivity index (χ2v) is 7.95. The molecule has 0 spiro atoms. The van der Waals surface area contributed by atoms with Crippen molar-refractivity contribution in [3.05, 3.63) is 47.9 Å². The van der Waals surface area contributed by atoms with Crippen LogP contribution in [0.15, 0.2) is 41.4 Å². The number of benzene rings is 1. The highest BCUT2D eigenvalue weighted by Gasteiger charge is 2.28. The molecule has 1 fully saturated rings. The Balaban J connectivity index is 1.95. The van der Waals surface area contributed by atoms with Crippen LogP contribution in [0.4, 0.5) is 10.2 Å². The minimum atomic E-state index is -3.98. The topological polar surface area (TPSA) is 59.5 Å². The minimum Gasteiger partial charge on any atom is -0.492 e. The van der Waals surface area contributed by atoms with Crippen LogP contribution in [0.25, 0.3) is 0 Å². The van der Waals surface area contributed by atoms with E-state index in [0.29, 0.717) is 12.5 Å². The van der Waals surface area contributed by atoms with E-state index in [1.165, 1.54) is 19.2 Å². The van der Waals surface area contributed by atoms with Gasteiger partial charge in [-0.15, -0.1) is 0 Å². The Kier molecular flexibility index (Phi) is 4.45. The van der Waals surface area contributed by atoms with Crippen LogP contribution >= 0.6 is 0 Å². The van der Waals surface area contributed by atoms with Gasteiger partial charge in [-0.05, 0) is 55.5 Å². The fourth-order valence-corrected chi connectivity index (χ4v) is 3.50. The van der Waals surface area contributed by atoms with Crippen molar-refractivity contribution in [1.82, 2.24) is 4.98 Å². The molecule has 1 aromatic heterocycles. The summed E-state index contributed by atoms with van der Waals surface area (Å²) in [5.74, 6) is 0.264. The van der Waals surface area contributed by atoms with E-state index < -0.39 is 15.8 Å². The van der Waals surface area contributed by atoms with Crippen molar-refractivity contribution >= 4 is 15.8 Å². The van der Waals surface area contributed by atoms with Gasteiger partial charge < -0.3 is 4.74 Å². The van der Waals surface area contributed by atoms with Gasteiger partial charge in [0.1, 0.15) is 22.3 Å². The number of nitrogens with zero attached hydrogens (tertiary/aromatic N) is 2. The van der Waals surface area contributed by atoms with Gasteiger partial charge in [-0.1, -0.05) is 6.07 Å². The van der Waals surface area contributed by atoms with Gasteiger partial charge in [0, 0.05) is 13.2 Å². The molecule has 7 heteroatoms. The molecule has 24 heavy (non-hydrogen) atoms. The van der Waals surface area contributed by atoms with E-state index in [4.69, 9.17) is 4.74 Å². The van der Waals surface area contributed by atoms with Crippen LogP contribution < -0.4 is 9.04 Å². The normalized spacial score (nSPS) is 14.5. The molecule has 0 saturated heterocycles. The largest absolute Gasteiger partial charge is 0.492 e. The number of hydrogen-bond acceptors (Lipinski definition) is 4. The summed E-state index contributed by atoms with van der Waals surface area (Å²) in [6.07, 6.45) is 3.74. The molecule has 1 aliphatic rings. The average molecular weight is 350 g/mol. The van der Waals surface area contributed by atoms with Crippen LogP contribution in [-0.4, -0.2) is 27.1 Å². The van der Waals surface area contributed by atoms with E-state index in [1.807, 2.05) is 6.92 Å². The molecule has 0 aliphatic heterocycles. The van der Waals surface area contributed by atoms with Crippen LogP contribution in [0.3, 0.4) is 0 Å². The highest BCUT2D eigenvalue weighted by atomic mass is 32.2. The molecule has 3 rings (SSSR count). The van der Waals surface area contributed by atoms with E-state index >= 15 is 0 Å². The summed E-state index contributed by atoms with van der Waals surface area (Å²) in [6, 6.07) is 6.93. The number of aryl methyl sites for hydroxylation is 1. The zero-order valence-electron chi connectivity index (χ0n) is 13.6. The summed E-state index contributed by atoms with van der Waals surface area (Å²) in [5, 5.41) is 0. The first-order chi connectivity index (χ1) is 11.4. The van der Waals surface area contributed by atoms with Crippen molar-refractivity contribution in [3.63, 3.8) is 0 Å². The summed E-state index contributed by atoms with van der Waals surface area (Å²) >= 11 is 0.